The second kappa shape index (κ2) is 3.54. The molecule has 1 N–H and O–H groups in total. The molecule has 0 aliphatic carbocycles. The molecule has 0 aliphatic rings. The van der Waals surface area contributed by atoms with Crippen LogP contribution < -0.4 is 0 Å². The van der Waals surface area contributed by atoms with Crippen LogP contribution in [0.15, 0.2) is 24.3 Å². The Kier molecular flexibility index (Phi) is 2.35. The van der Waals surface area contributed by atoms with Crippen LogP contribution in [-0.4, -0.2) is 5.11 Å². The van der Waals surface area contributed by atoms with Gasteiger partial charge in [0.2, 0.25) is 0 Å². The van der Waals surface area contributed by atoms with Crippen LogP contribution in [0.25, 0.3) is 10.8 Å². The summed E-state index contributed by atoms with van der Waals surface area (Å²) in [6, 6.07) is 6.78. The van der Waals surface area contributed by atoms with Crippen LogP contribution in [0.4, 0.5) is 4.39 Å². The Hall–Kier alpha value is -1.57. The topological polar surface area (TPSA) is 20.2 Å². The lowest BCUT2D eigenvalue weighted by Crippen LogP contribution is -1.91. The van der Waals surface area contributed by atoms with E-state index in [4.69, 9.17) is 0 Å². The van der Waals surface area contributed by atoms with Gasteiger partial charge in [-0.25, -0.2) is 4.39 Å². The van der Waals surface area contributed by atoms with Gasteiger partial charge in [0, 0.05) is 5.39 Å². The maximum Gasteiger partial charge on any atom is 0.127 e. The van der Waals surface area contributed by atoms with E-state index in [0.29, 0.717) is 17.4 Å². The minimum absolute atomic E-state index is 0.168. The van der Waals surface area contributed by atoms with Crippen molar-refractivity contribution in [1.29, 1.82) is 0 Å². The zero-order chi connectivity index (χ0) is 11.0. The Bertz CT molecular complexity index is 517. The number of aryl methyl sites for hydroxylation is 2. The van der Waals surface area contributed by atoms with E-state index >= 15 is 0 Å². The summed E-state index contributed by atoms with van der Waals surface area (Å²) < 4.78 is 13.5. The van der Waals surface area contributed by atoms with Gasteiger partial charge in [0.05, 0.1) is 0 Å². The number of phenolic OH excluding ortho intramolecular Hbond substituents is 1. The van der Waals surface area contributed by atoms with Gasteiger partial charge in [-0.3, -0.25) is 0 Å². The Morgan fingerprint density at radius 3 is 2.67 bits per heavy atom. The molecule has 0 aromatic heterocycles. The van der Waals surface area contributed by atoms with E-state index < -0.39 is 0 Å². The van der Waals surface area contributed by atoms with Crippen LogP contribution in [0.2, 0.25) is 0 Å². The first-order chi connectivity index (χ1) is 7.13. The predicted molar refractivity (Wildman–Crippen MR) is 59.7 cm³/mol. The van der Waals surface area contributed by atoms with Gasteiger partial charge in [-0.15, -0.1) is 0 Å². The quantitative estimate of drug-likeness (QED) is 0.753. The highest BCUT2D eigenvalue weighted by atomic mass is 19.1. The Morgan fingerprint density at radius 1 is 1.27 bits per heavy atom. The van der Waals surface area contributed by atoms with Gasteiger partial charge in [0.25, 0.3) is 0 Å². The third-order valence-corrected chi connectivity index (χ3v) is 2.65. The smallest absolute Gasteiger partial charge is 0.127 e. The fraction of sp³-hybridized carbons (Fsp3) is 0.231. The molecule has 78 valence electrons. The number of fused-ring (bicyclic) bond motifs is 1. The van der Waals surface area contributed by atoms with Gasteiger partial charge in [0.15, 0.2) is 0 Å². The molecule has 2 rings (SSSR count). The molecule has 1 nitrogen and oxygen atoms in total. The van der Waals surface area contributed by atoms with Crippen LogP contribution in [0, 0.1) is 12.7 Å². The largest absolute Gasteiger partial charge is 0.507 e. The van der Waals surface area contributed by atoms with E-state index in [-0.39, 0.29) is 11.6 Å². The van der Waals surface area contributed by atoms with Crippen molar-refractivity contribution >= 4 is 10.8 Å². The molecule has 2 heteroatoms. The molecule has 0 radical (unpaired) electrons. The number of rotatable bonds is 1. The number of phenols is 1. The summed E-state index contributed by atoms with van der Waals surface area (Å²) in [5.41, 5.74) is 1.57. The number of aromatic hydroxyl groups is 1. The SMILES string of the molecule is CCc1c(F)ccc2cc(C)cc(O)c12. The monoisotopic (exact) mass is 204 g/mol. The Balaban J connectivity index is 2.91. The Labute approximate surface area is 88.2 Å². The van der Waals surface area contributed by atoms with E-state index in [1.165, 1.54) is 6.07 Å². The van der Waals surface area contributed by atoms with Gasteiger partial charge in [-0.05, 0) is 42.0 Å². The average Bonchev–Trinajstić information content (AvgIpc) is 2.18. The minimum Gasteiger partial charge on any atom is -0.507 e. The summed E-state index contributed by atoms with van der Waals surface area (Å²) in [5, 5.41) is 11.4. The van der Waals surface area contributed by atoms with Crippen LogP contribution in [0.3, 0.4) is 0 Å². The van der Waals surface area contributed by atoms with E-state index in [1.54, 1.807) is 12.1 Å². The minimum atomic E-state index is -0.246. The van der Waals surface area contributed by atoms with Crippen molar-refractivity contribution in [3.05, 3.63) is 41.2 Å². The molecule has 0 atom stereocenters. The summed E-state index contributed by atoms with van der Waals surface area (Å²) in [7, 11) is 0. The fourth-order valence-electron chi connectivity index (χ4n) is 1.98. The van der Waals surface area contributed by atoms with Gasteiger partial charge in [0.1, 0.15) is 11.6 Å². The first-order valence-electron chi connectivity index (χ1n) is 5.04. The zero-order valence-corrected chi connectivity index (χ0v) is 8.84. The second-order valence-corrected chi connectivity index (χ2v) is 3.76. The van der Waals surface area contributed by atoms with Gasteiger partial charge in [-0.1, -0.05) is 19.1 Å². The molecule has 0 spiro atoms. The molecule has 2 aromatic carbocycles. The molecule has 0 amide bonds. The van der Waals surface area contributed by atoms with Crippen molar-refractivity contribution in [2.75, 3.05) is 0 Å². The average molecular weight is 204 g/mol. The summed E-state index contributed by atoms with van der Waals surface area (Å²) in [5.74, 6) is -0.0782. The van der Waals surface area contributed by atoms with Gasteiger partial charge < -0.3 is 5.11 Å². The lowest BCUT2D eigenvalue weighted by atomic mass is 9.99. The summed E-state index contributed by atoms with van der Waals surface area (Å²) >= 11 is 0. The molecule has 0 fully saturated rings. The molecule has 0 saturated heterocycles. The standard InChI is InChI=1S/C13H13FO/c1-3-10-11(14)5-4-9-6-8(2)7-12(15)13(9)10/h4-7,15H,3H2,1-2H3. The van der Waals surface area contributed by atoms with Gasteiger partial charge in [-0.2, -0.15) is 0 Å². The number of hydrogen-bond acceptors (Lipinski definition) is 1. The second-order valence-electron chi connectivity index (χ2n) is 3.76. The van der Waals surface area contributed by atoms with Crippen molar-refractivity contribution in [2.45, 2.75) is 20.3 Å². The maximum absolute atomic E-state index is 13.5. The van der Waals surface area contributed by atoms with Crippen molar-refractivity contribution in [3.8, 4) is 5.75 Å². The third-order valence-electron chi connectivity index (χ3n) is 2.65. The van der Waals surface area contributed by atoms with E-state index in [0.717, 1.165) is 10.9 Å². The molecule has 0 heterocycles. The van der Waals surface area contributed by atoms with Crippen LogP contribution in [0.1, 0.15) is 18.1 Å². The summed E-state index contributed by atoms with van der Waals surface area (Å²) in [6.07, 6.45) is 0.583. The van der Waals surface area contributed by atoms with Crippen LogP contribution in [0.5, 0.6) is 5.75 Å². The van der Waals surface area contributed by atoms with Crippen molar-refractivity contribution in [3.63, 3.8) is 0 Å². The van der Waals surface area contributed by atoms with Crippen molar-refractivity contribution in [2.24, 2.45) is 0 Å². The molecule has 0 bridgehead atoms. The van der Waals surface area contributed by atoms with E-state index in [1.807, 2.05) is 19.9 Å². The number of hydrogen-bond donors (Lipinski definition) is 1. The molecule has 0 saturated carbocycles. The molecule has 2 aromatic rings. The summed E-state index contributed by atoms with van der Waals surface area (Å²) in [4.78, 5) is 0. The molecular formula is C13H13FO. The number of benzene rings is 2. The highest BCUT2D eigenvalue weighted by Crippen LogP contribution is 2.31. The molecular weight excluding hydrogens is 191 g/mol. The lowest BCUT2D eigenvalue weighted by Gasteiger charge is -2.08. The van der Waals surface area contributed by atoms with Crippen LogP contribution >= 0.6 is 0 Å². The van der Waals surface area contributed by atoms with Crippen molar-refractivity contribution in [1.82, 2.24) is 0 Å². The van der Waals surface area contributed by atoms with E-state index in [9.17, 15) is 9.50 Å². The predicted octanol–water partition coefficient (Wildman–Crippen LogP) is 3.56. The molecule has 0 aliphatic heterocycles. The third kappa shape index (κ3) is 1.56. The molecule has 15 heavy (non-hydrogen) atoms. The highest BCUT2D eigenvalue weighted by Gasteiger charge is 2.09. The first-order valence-corrected chi connectivity index (χ1v) is 5.04. The lowest BCUT2D eigenvalue weighted by molar-refractivity contribution is 0.480. The number of halogens is 1. The summed E-state index contributed by atoms with van der Waals surface area (Å²) in [6.45, 7) is 3.80. The first kappa shape index (κ1) is 9.97. The zero-order valence-electron chi connectivity index (χ0n) is 8.84. The molecule has 0 unspecified atom stereocenters. The fourth-order valence-corrected chi connectivity index (χ4v) is 1.98. The van der Waals surface area contributed by atoms with Gasteiger partial charge >= 0.3 is 0 Å². The highest BCUT2D eigenvalue weighted by molar-refractivity contribution is 5.91. The maximum atomic E-state index is 13.5. The van der Waals surface area contributed by atoms with E-state index in [2.05, 4.69) is 0 Å². The van der Waals surface area contributed by atoms with Crippen molar-refractivity contribution < 1.29 is 9.50 Å². The Morgan fingerprint density at radius 2 is 2.00 bits per heavy atom. The van der Waals surface area contributed by atoms with Crippen LogP contribution in [-0.2, 0) is 6.42 Å². The normalized spacial score (nSPS) is 10.9.